The van der Waals surface area contributed by atoms with Gasteiger partial charge in [0.25, 0.3) is 0 Å². The van der Waals surface area contributed by atoms with E-state index in [0.29, 0.717) is 18.8 Å². The van der Waals surface area contributed by atoms with Crippen LogP contribution in [0, 0.1) is 0 Å². The molecule has 100 valence electrons. The van der Waals surface area contributed by atoms with E-state index >= 15 is 0 Å². The van der Waals surface area contributed by atoms with Crippen LogP contribution < -0.4 is 4.74 Å². The van der Waals surface area contributed by atoms with Gasteiger partial charge in [-0.25, -0.2) is 4.79 Å². The van der Waals surface area contributed by atoms with Gasteiger partial charge in [-0.15, -0.1) is 5.73 Å². The van der Waals surface area contributed by atoms with Crippen molar-refractivity contribution >= 4 is 11.9 Å². The molecule has 0 aliphatic carbocycles. The van der Waals surface area contributed by atoms with Crippen molar-refractivity contribution in [1.82, 2.24) is 0 Å². The average molecular weight is 260 g/mol. The van der Waals surface area contributed by atoms with Crippen LogP contribution in [0.15, 0.2) is 42.1 Å². The fourth-order valence-electron chi connectivity index (χ4n) is 1.39. The van der Waals surface area contributed by atoms with Crippen molar-refractivity contribution < 1.29 is 19.1 Å². The number of carbonyl (C=O) groups excluding carboxylic acids is 2. The molecular formula is C15H16O4. The predicted molar refractivity (Wildman–Crippen MR) is 70.7 cm³/mol. The molecule has 0 spiro atoms. The largest absolute Gasteiger partial charge is 0.462 e. The minimum atomic E-state index is -0.410. The van der Waals surface area contributed by atoms with E-state index in [1.165, 1.54) is 13.0 Å². The second kappa shape index (κ2) is 7.90. The van der Waals surface area contributed by atoms with E-state index in [1.807, 2.05) is 6.07 Å². The van der Waals surface area contributed by atoms with Gasteiger partial charge in [-0.2, -0.15) is 0 Å². The number of carbonyl (C=O) groups is 2. The van der Waals surface area contributed by atoms with Crippen molar-refractivity contribution in [2.24, 2.45) is 0 Å². The molecule has 4 nitrogen and oxygen atoms in total. The summed E-state index contributed by atoms with van der Waals surface area (Å²) < 4.78 is 9.70. The summed E-state index contributed by atoms with van der Waals surface area (Å²) in [6.45, 7) is 3.45. The first-order valence-electron chi connectivity index (χ1n) is 5.97. The molecule has 0 bridgehead atoms. The number of rotatable bonds is 5. The molecule has 1 aromatic carbocycles. The highest BCUT2D eigenvalue weighted by Gasteiger charge is 1.98. The Kier molecular flexibility index (Phi) is 6.13. The first-order valence-corrected chi connectivity index (χ1v) is 5.97. The maximum atomic E-state index is 11.0. The Morgan fingerprint density at radius 1 is 1.37 bits per heavy atom. The van der Waals surface area contributed by atoms with Crippen molar-refractivity contribution in [2.75, 3.05) is 6.61 Å². The summed E-state index contributed by atoms with van der Waals surface area (Å²) >= 11 is 0. The first-order chi connectivity index (χ1) is 9.11. The predicted octanol–water partition coefficient (Wildman–Crippen LogP) is 2.43. The highest BCUT2D eigenvalue weighted by atomic mass is 16.5. The van der Waals surface area contributed by atoms with E-state index in [0.717, 1.165) is 5.56 Å². The molecule has 0 heterocycles. The molecule has 0 saturated carbocycles. The van der Waals surface area contributed by atoms with Crippen LogP contribution in [0.4, 0.5) is 0 Å². The Morgan fingerprint density at radius 2 is 2.16 bits per heavy atom. The van der Waals surface area contributed by atoms with Gasteiger partial charge in [0.2, 0.25) is 0 Å². The van der Waals surface area contributed by atoms with Crippen LogP contribution in [0.2, 0.25) is 0 Å². The van der Waals surface area contributed by atoms with Crippen LogP contribution in [-0.4, -0.2) is 18.5 Å². The Hall–Kier alpha value is -2.32. The van der Waals surface area contributed by atoms with Gasteiger partial charge in [-0.1, -0.05) is 12.1 Å². The van der Waals surface area contributed by atoms with Crippen LogP contribution in [0.25, 0.3) is 0 Å². The summed E-state index contributed by atoms with van der Waals surface area (Å²) in [7, 11) is 0. The molecule has 4 heteroatoms. The Labute approximate surface area is 112 Å². The van der Waals surface area contributed by atoms with Gasteiger partial charge >= 0.3 is 11.9 Å². The first kappa shape index (κ1) is 14.7. The zero-order valence-electron chi connectivity index (χ0n) is 11.0. The van der Waals surface area contributed by atoms with Gasteiger partial charge in [0, 0.05) is 6.92 Å². The summed E-state index contributed by atoms with van der Waals surface area (Å²) in [6, 6.07) is 7.18. The lowest BCUT2D eigenvalue weighted by atomic mass is 10.1. The SMILES string of the molecule is CCOC(=O)C=C=CCc1cccc(OC(C)=O)c1. The van der Waals surface area contributed by atoms with Crippen molar-refractivity contribution in [1.29, 1.82) is 0 Å². The molecule has 19 heavy (non-hydrogen) atoms. The number of ether oxygens (including phenoxy) is 2. The van der Waals surface area contributed by atoms with E-state index < -0.39 is 5.97 Å². The molecule has 0 radical (unpaired) electrons. The summed E-state index contributed by atoms with van der Waals surface area (Å²) in [6.07, 6.45) is 3.55. The zero-order chi connectivity index (χ0) is 14.1. The second-order valence-corrected chi connectivity index (χ2v) is 3.71. The van der Waals surface area contributed by atoms with E-state index in [2.05, 4.69) is 5.73 Å². The Balaban J connectivity index is 2.60. The Morgan fingerprint density at radius 3 is 2.84 bits per heavy atom. The number of benzene rings is 1. The maximum Gasteiger partial charge on any atom is 0.338 e. The quantitative estimate of drug-likeness (QED) is 0.353. The maximum absolute atomic E-state index is 11.0. The Bertz CT molecular complexity index is 511. The van der Waals surface area contributed by atoms with Gasteiger partial charge in [0.1, 0.15) is 5.75 Å². The summed E-state index contributed by atoms with van der Waals surface area (Å²) in [5, 5.41) is 0. The highest BCUT2D eigenvalue weighted by molar-refractivity contribution is 5.81. The van der Waals surface area contributed by atoms with Gasteiger partial charge in [-0.05, 0) is 37.1 Å². The number of hydrogen-bond acceptors (Lipinski definition) is 4. The smallest absolute Gasteiger partial charge is 0.338 e. The van der Waals surface area contributed by atoms with Crippen molar-refractivity contribution in [3.63, 3.8) is 0 Å². The minimum absolute atomic E-state index is 0.349. The van der Waals surface area contributed by atoms with Crippen LogP contribution in [0.3, 0.4) is 0 Å². The summed E-state index contributed by atoms with van der Waals surface area (Å²) in [4.78, 5) is 21.8. The van der Waals surface area contributed by atoms with Crippen molar-refractivity contribution in [2.45, 2.75) is 20.3 Å². The van der Waals surface area contributed by atoms with Crippen LogP contribution >= 0.6 is 0 Å². The number of esters is 2. The van der Waals surface area contributed by atoms with Crippen molar-refractivity contribution in [3.05, 3.63) is 47.7 Å². The van der Waals surface area contributed by atoms with Gasteiger partial charge in [0.15, 0.2) is 0 Å². The molecule has 0 unspecified atom stereocenters. The second-order valence-electron chi connectivity index (χ2n) is 3.71. The topological polar surface area (TPSA) is 52.6 Å². The third-order valence-electron chi connectivity index (χ3n) is 2.10. The fraction of sp³-hybridized carbons (Fsp3) is 0.267. The molecule has 1 aromatic rings. The van der Waals surface area contributed by atoms with Crippen LogP contribution in [-0.2, 0) is 20.7 Å². The molecule has 0 aliphatic rings. The molecule has 0 atom stereocenters. The normalized spacial score (nSPS) is 9.16. The van der Waals surface area contributed by atoms with E-state index in [4.69, 9.17) is 9.47 Å². The van der Waals surface area contributed by atoms with E-state index in [9.17, 15) is 9.59 Å². The summed E-state index contributed by atoms with van der Waals surface area (Å²) in [5.41, 5.74) is 3.71. The molecule has 1 rings (SSSR count). The fourth-order valence-corrected chi connectivity index (χ4v) is 1.39. The van der Waals surface area contributed by atoms with Gasteiger partial charge in [-0.3, -0.25) is 4.79 Å². The third-order valence-corrected chi connectivity index (χ3v) is 2.10. The van der Waals surface area contributed by atoms with E-state index in [1.54, 1.807) is 31.2 Å². The monoisotopic (exact) mass is 260 g/mol. The minimum Gasteiger partial charge on any atom is -0.462 e. The third kappa shape index (κ3) is 6.24. The van der Waals surface area contributed by atoms with Gasteiger partial charge in [0.05, 0.1) is 12.7 Å². The molecule has 0 N–H and O–H groups in total. The van der Waals surface area contributed by atoms with Crippen LogP contribution in [0.5, 0.6) is 5.75 Å². The highest BCUT2D eigenvalue weighted by Crippen LogP contribution is 2.14. The van der Waals surface area contributed by atoms with Crippen molar-refractivity contribution in [3.8, 4) is 5.75 Å². The standard InChI is InChI=1S/C15H16O4/c1-3-18-15(17)10-5-4-7-13-8-6-9-14(11-13)19-12(2)16/h4,6,8-11H,3,7H2,1-2H3. The van der Waals surface area contributed by atoms with Gasteiger partial charge < -0.3 is 9.47 Å². The molecule has 0 aromatic heterocycles. The number of hydrogen-bond donors (Lipinski definition) is 0. The van der Waals surface area contributed by atoms with E-state index in [-0.39, 0.29) is 5.97 Å². The molecule has 0 aliphatic heterocycles. The molecule has 0 amide bonds. The lowest BCUT2D eigenvalue weighted by Gasteiger charge is -2.02. The summed E-state index contributed by atoms with van der Waals surface area (Å²) in [5.74, 6) is -0.255. The lowest BCUT2D eigenvalue weighted by Crippen LogP contribution is -2.01. The molecular weight excluding hydrogens is 244 g/mol. The average Bonchev–Trinajstić information content (AvgIpc) is 2.35. The lowest BCUT2D eigenvalue weighted by molar-refractivity contribution is -0.137. The molecule has 0 fully saturated rings. The zero-order valence-corrected chi connectivity index (χ0v) is 11.0. The van der Waals surface area contributed by atoms with Crippen LogP contribution in [0.1, 0.15) is 19.4 Å². The molecule has 0 saturated heterocycles.